The Hall–Kier alpha value is -2.30. The number of carbonyl (C=O) groups excluding carboxylic acids is 2. The average Bonchev–Trinajstić information content (AvgIpc) is 3.27. The van der Waals surface area contributed by atoms with Gasteiger partial charge in [-0.2, -0.15) is 0 Å². The Bertz CT molecular complexity index is 820. The first-order chi connectivity index (χ1) is 13.0. The summed E-state index contributed by atoms with van der Waals surface area (Å²) in [6.45, 7) is 0. The van der Waals surface area contributed by atoms with Crippen LogP contribution in [0.2, 0.25) is 10.0 Å². The van der Waals surface area contributed by atoms with Crippen LogP contribution in [0.4, 0.5) is 11.4 Å². The van der Waals surface area contributed by atoms with E-state index in [0.29, 0.717) is 21.4 Å². The van der Waals surface area contributed by atoms with Gasteiger partial charge in [0.2, 0.25) is 11.8 Å². The van der Waals surface area contributed by atoms with Crippen LogP contribution in [0.25, 0.3) is 0 Å². The first-order valence-electron chi connectivity index (χ1n) is 8.82. The molecular weight excluding hydrogens is 383 g/mol. The predicted molar refractivity (Wildman–Crippen MR) is 108 cm³/mol. The van der Waals surface area contributed by atoms with E-state index in [-0.39, 0.29) is 35.5 Å². The maximum absolute atomic E-state index is 12.9. The average molecular weight is 401 g/mol. The summed E-state index contributed by atoms with van der Waals surface area (Å²) in [6, 6.07) is 13.9. The Labute approximate surface area is 167 Å². The molecule has 138 valence electrons. The van der Waals surface area contributed by atoms with Gasteiger partial charge in [-0.15, -0.1) is 0 Å². The van der Waals surface area contributed by atoms with Crippen LogP contribution in [0.5, 0.6) is 0 Å². The van der Waals surface area contributed by atoms with Gasteiger partial charge in [-0.3, -0.25) is 9.59 Å². The molecular formula is C21H18Cl2N2O2. The van der Waals surface area contributed by atoms with Crippen molar-refractivity contribution in [1.82, 2.24) is 0 Å². The fraction of sp³-hybridized carbons (Fsp3) is 0.238. The lowest BCUT2D eigenvalue weighted by Crippen LogP contribution is -2.39. The minimum atomic E-state index is -0.386. The summed E-state index contributed by atoms with van der Waals surface area (Å²) in [7, 11) is 0. The standard InChI is InChI=1S/C21H18Cl2N2O2/c22-14-3-7-16(8-4-14)24-20(26)18-12-1-2-13(11-12)19(18)21(27)25-17-9-5-15(23)6-10-17/h1-10,12-13,18-19H,11H2,(H,24,26)(H,25,27)/t12-,13-,18+,19+/m1/s1. The molecule has 4 atom stereocenters. The van der Waals surface area contributed by atoms with Crippen molar-refractivity contribution in [2.24, 2.45) is 23.7 Å². The van der Waals surface area contributed by atoms with E-state index in [1.165, 1.54) is 0 Å². The fourth-order valence-corrected chi connectivity index (χ4v) is 4.31. The molecule has 0 unspecified atom stereocenters. The molecule has 2 N–H and O–H groups in total. The van der Waals surface area contributed by atoms with Crippen molar-refractivity contribution in [2.45, 2.75) is 6.42 Å². The van der Waals surface area contributed by atoms with E-state index in [1.807, 2.05) is 0 Å². The highest BCUT2D eigenvalue weighted by atomic mass is 35.5. The SMILES string of the molecule is O=C(Nc1ccc(Cl)cc1)[C@@H]1[C@@H](C(=O)Nc2ccc(Cl)cc2)[C@@H]2C=C[C@@H]1C2. The van der Waals surface area contributed by atoms with Crippen LogP contribution >= 0.6 is 23.2 Å². The molecule has 0 aromatic heterocycles. The number of rotatable bonds is 4. The normalized spacial score (nSPS) is 25.4. The third kappa shape index (κ3) is 3.73. The summed E-state index contributed by atoms with van der Waals surface area (Å²) in [5, 5.41) is 7.06. The van der Waals surface area contributed by atoms with Crippen LogP contribution in [0.1, 0.15) is 6.42 Å². The Morgan fingerprint density at radius 1 is 0.704 bits per heavy atom. The molecule has 2 amide bonds. The van der Waals surface area contributed by atoms with Crippen LogP contribution < -0.4 is 10.6 Å². The van der Waals surface area contributed by atoms with Crippen molar-refractivity contribution in [1.29, 1.82) is 0 Å². The van der Waals surface area contributed by atoms with Crippen molar-refractivity contribution in [2.75, 3.05) is 10.6 Å². The second kappa shape index (κ2) is 7.37. The van der Waals surface area contributed by atoms with Gasteiger partial charge in [0.05, 0.1) is 11.8 Å². The van der Waals surface area contributed by atoms with E-state index in [1.54, 1.807) is 48.5 Å². The second-order valence-electron chi connectivity index (χ2n) is 6.99. The fourth-order valence-electron chi connectivity index (χ4n) is 4.05. The molecule has 2 aromatic carbocycles. The van der Waals surface area contributed by atoms with Gasteiger partial charge in [-0.25, -0.2) is 0 Å². The third-order valence-corrected chi connectivity index (χ3v) is 5.79. The Morgan fingerprint density at radius 2 is 1.07 bits per heavy atom. The smallest absolute Gasteiger partial charge is 0.228 e. The first kappa shape index (κ1) is 18.1. The molecule has 1 fully saturated rings. The molecule has 1 saturated carbocycles. The topological polar surface area (TPSA) is 58.2 Å². The van der Waals surface area contributed by atoms with E-state index in [4.69, 9.17) is 23.2 Å². The molecule has 0 spiro atoms. The highest BCUT2D eigenvalue weighted by Gasteiger charge is 2.51. The van der Waals surface area contributed by atoms with Gasteiger partial charge in [0.1, 0.15) is 0 Å². The van der Waals surface area contributed by atoms with E-state index < -0.39 is 0 Å². The minimum absolute atomic E-state index is 0.0864. The van der Waals surface area contributed by atoms with Gasteiger partial charge in [0, 0.05) is 21.4 Å². The van der Waals surface area contributed by atoms with Crippen molar-refractivity contribution in [3.8, 4) is 0 Å². The summed E-state index contributed by atoms with van der Waals surface area (Å²) >= 11 is 11.8. The summed E-state index contributed by atoms with van der Waals surface area (Å²) in [4.78, 5) is 25.9. The number of allylic oxidation sites excluding steroid dienone is 2. The molecule has 2 aliphatic rings. The van der Waals surface area contributed by atoms with Gasteiger partial charge in [0.25, 0.3) is 0 Å². The molecule has 2 aromatic rings. The zero-order valence-corrected chi connectivity index (χ0v) is 15.9. The van der Waals surface area contributed by atoms with Crippen LogP contribution in [-0.4, -0.2) is 11.8 Å². The van der Waals surface area contributed by atoms with Gasteiger partial charge in [-0.1, -0.05) is 35.4 Å². The molecule has 0 heterocycles. The largest absolute Gasteiger partial charge is 0.326 e. The molecule has 0 saturated heterocycles. The van der Waals surface area contributed by atoms with Crippen molar-refractivity contribution in [3.63, 3.8) is 0 Å². The van der Waals surface area contributed by atoms with Crippen LogP contribution in [0.15, 0.2) is 60.7 Å². The van der Waals surface area contributed by atoms with E-state index in [0.717, 1.165) is 6.42 Å². The Morgan fingerprint density at radius 3 is 1.44 bits per heavy atom. The lowest BCUT2D eigenvalue weighted by Gasteiger charge is -2.26. The number of hydrogen-bond acceptors (Lipinski definition) is 2. The van der Waals surface area contributed by atoms with Gasteiger partial charge in [-0.05, 0) is 66.8 Å². The molecule has 0 radical (unpaired) electrons. The third-order valence-electron chi connectivity index (χ3n) is 5.29. The second-order valence-corrected chi connectivity index (χ2v) is 7.87. The van der Waals surface area contributed by atoms with Crippen LogP contribution in [0, 0.1) is 23.7 Å². The molecule has 4 rings (SSSR count). The molecule has 6 heteroatoms. The number of nitrogens with one attached hydrogen (secondary N) is 2. The Kier molecular flexibility index (Phi) is 4.94. The number of halogens is 2. The number of fused-ring (bicyclic) bond motifs is 2. The zero-order valence-electron chi connectivity index (χ0n) is 14.4. The summed E-state index contributed by atoms with van der Waals surface area (Å²) < 4.78 is 0. The van der Waals surface area contributed by atoms with Crippen molar-refractivity contribution >= 4 is 46.4 Å². The molecule has 27 heavy (non-hydrogen) atoms. The number of carbonyl (C=O) groups is 2. The van der Waals surface area contributed by atoms with Gasteiger partial charge >= 0.3 is 0 Å². The van der Waals surface area contributed by atoms with Gasteiger partial charge in [0.15, 0.2) is 0 Å². The maximum atomic E-state index is 12.9. The van der Waals surface area contributed by atoms with Crippen molar-refractivity contribution in [3.05, 3.63) is 70.7 Å². The first-order valence-corrected chi connectivity index (χ1v) is 9.58. The lowest BCUT2D eigenvalue weighted by atomic mass is 9.81. The number of benzene rings is 2. The summed E-state index contributed by atoms with van der Waals surface area (Å²) in [6.07, 6.45) is 4.95. The van der Waals surface area contributed by atoms with E-state index >= 15 is 0 Å². The van der Waals surface area contributed by atoms with Gasteiger partial charge < -0.3 is 10.6 Å². The zero-order chi connectivity index (χ0) is 19.0. The highest BCUT2D eigenvalue weighted by molar-refractivity contribution is 6.31. The molecule has 2 bridgehead atoms. The monoisotopic (exact) mass is 400 g/mol. The summed E-state index contributed by atoms with van der Waals surface area (Å²) in [5.41, 5.74) is 1.35. The number of hydrogen-bond donors (Lipinski definition) is 2. The predicted octanol–water partition coefficient (Wildman–Crippen LogP) is 5.01. The molecule has 0 aliphatic heterocycles. The number of anilines is 2. The quantitative estimate of drug-likeness (QED) is 0.708. The van der Waals surface area contributed by atoms with Crippen molar-refractivity contribution < 1.29 is 9.59 Å². The summed E-state index contributed by atoms with van der Waals surface area (Å²) in [5.74, 6) is -0.867. The minimum Gasteiger partial charge on any atom is -0.326 e. The van der Waals surface area contributed by atoms with E-state index in [9.17, 15) is 9.59 Å². The van der Waals surface area contributed by atoms with Crippen LogP contribution in [0.3, 0.4) is 0 Å². The Balaban J connectivity index is 1.51. The van der Waals surface area contributed by atoms with E-state index in [2.05, 4.69) is 22.8 Å². The molecule has 4 nitrogen and oxygen atoms in total. The highest BCUT2D eigenvalue weighted by Crippen LogP contribution is 2.48. The molecule has 2 aliphatic carbocycles. The van der Waals surface area contributed by atoms with Crippen LogP contribution in [-0.2, 0) is 9.59 Å². The lowest BCUT2D eigenvalue weighted by molar-refractivity contribution is -0.129. The maximum Gasteiger partial charge on any atom is 0.228 e. The number of amides is 2.